The lowest BCUT2D eigenvalue weighted by Gasteiger charge is -2.57. The van der Waals surface area contributed by atoms with Crippen LogP contribution in [0.5, 0.6) is 5.75 Å². The van der Waals surface area contributed by atoms with E-state index in [9.17, 15) is 4.79 Å². The smallest absolute Gasteiger partial charge is 0.338 e. The molecule has 5 nitrogen and oxygen atoms in total. The lowest BCUT2D eigenvalue weighted by atomic mass is 9.48. The van der Waals surface area contributed by atoms with Crippen LogP contribution in [0.25, 0.3) is 21.9 Å². The molecule has 3 aromatic carbocycles. The van der Waals surface area contributed by atoms with Crippen LogP contribution in [0.2, 0.25) is 0 Å². The number of unbranched alkanes of at least 4 members (excludes halogenated alkanes) is 3. The minimum atomic E-state index is -0.721. The number of benzene rings is 3. The standard InChI is InChI=1S/C37H46O5/c1-4-6-7-8-15-41-35(38)29-11-9-28(10-12-29)30-13-14-31-21-34(42-36(39-3)40-5-2)33(20-32(31)19-30)37-22-25-16-26(23-37)18-27(17-25)24-37/h9-14,19-21,25-27,36H,4-8,15-18,22-24H2,1-3H3. The lowest BCUT2D eigenvalue weighted by molar-refractivity contribution is -0.231. The number of esters is 1. The first kappa shape index (κ1) is 29.2. The van der Waals surface area contributed by atoms with Gasteiger partial charge in [0.05, 0.1) is 18.8 Å². The van der Waals surface area contributed by atoms with Crippen molar-refractivity contribution in [3.05, 3.63) is 65.7 Å². The number of hydrogen-bond donors (Lipinski definition) is 0. The Balaban J connectivity index is 1.29. The number of hydrogen-bond acceptors (Lipinski definition) is 5. The van der Waals surface area contributed by atoms with Crippen molar-refractivity contribution in [2.45, 2.75) is 89.9 Å². The van der Waals surface area contributed by atoms with Gasteiger partial charge in [-0.25, -0.2) is 4.79 Å². The molecule has 4 bridgehead atoms. The van der Waals surface area contributed by atoms with E-state index in [0.717, 1.165) is 52.9 Å². The van der Waals surface area contributed by atoms with Crippen LogP contribution in [0.4, 0.5) is 0 Å². The second-order valence-corrected chi connectivity index (χ2v) is 13.0. The Labute approximate surface area is 250 Å². The van der Waals surface area contributed by atoms with Gasteiger partial charge in [0.1, 0.15) is 5.75 Å². The molecule has 0 radical (unpaired) electrons. The first-order valence-electron chi connectivity index (χ1n) is 16.2. The topological polar surface area (TPSA) is 54.0 Å². The number of methoxy groups -OCH3 is 1. The second kappa shape index (κ2) is 12.8. The lowest BCUT2D eigenvalue weighted by Crippen LogP contribution is -2.48. The molecule has 1 unspecified atom stereocenters. The second-order valence-electron chi connectivity index (χ2n) is 13.0. The van der Waals surface area contributed by atoms with Crippen LogP contribution in [0, 0.1) is 17.8 Å². The third-order valence-electron chi connectivity index (χ3n) is 9.95. The molecule has 4 aliphatic rings. The maximum atomic E-state index is 12.5. The van der Waals surface area contributed by atoms with Crippen molar-refractivity contribution in [1.29, 1.82) is 0 Å². The highest BCUT2D eigenvalue weighted by Gasteiger charge is 2.52. The first-order chi connectivity index (χ1) is 20.5. The maximum absolute atomic E-state index is 12.5. The van der Waals surface area contributed by atoms with E-state index < -0.39 is 6.48 Å². The van der Waals surface area contributed by atoms with Gasteiger partial charge in [-0.2, -0.15) is 0 Å². The van der Waals surface area contributed by atoms with Crippen LogP contribution in [-0.4, -0.2) is 32.8 Å². The van der Waals surface area contributed by atoms with Gasteiger partial charge in [-0.15, -0.1) is 0 Å². The fraction of sp³-hybridized carbons (Fsp3) is 0.541. The molecule has 0 aliphatic heterocycles. The summed E-state index contributed by atoms with van der Waals surface area (Å²) in [5, 5.41) is 2.35. The Hall–Kier alpha value is -2.89. The van der Waals surface area contributed by atoms with Crippen molar-refractivity contribution >= 4 is 16.7 Å². The van der Waals surface area contributed by atoms with E-state index in [4.69, 9.17) is 18.9 Å². The summed E-state index contributed by atoms with van der Waals surface area (Å²) < 4.78 is 23.2. The molecule has 3 aromatic rings. The normalized spacial score (nSPS) is 25.1. The van der Waals surface area contributed by atoms with Crippen molar-refractivity contribution in [2.24, 2.45) is 17.8 Å². The van der Waals surface area contributed by atoms with Crippen LogP contribution < -0.4 is 4.74 Å². The molecule has 0 amide bonds. The average Bonchev–Trinajstić information content (AvgIpc) is 2.99. The number of carbonyl (C=O) groups is 1. The summed E-state index contributed by atoms with van der Waals surface area (Å²) in [6.45, 7) is 4.43. The molecule has 224 valence electrons. The summed E-state index contributed by atoms with van der Waals surface area (Å²) in [6.07, 6.45) is 12.3. The summed E-state index contributed by atoms with van der Waals surface area (Å²) in [7, 11) is 1.64. The fourth-order valence-electron chi connectivity index (χ4n) is 8.37. The molecule has 5 heteroatoms. The van der Waals surface area contributed by atoms with Crippen LogP contribution in [0.3, 0.4) is 0 Å². The molecular weight excluding hydrogens is 524 g/mol. The average molecular weight is 571 g/mol. The van der Waals surface area contributed by atoms with Crippen LogP contribution in [0.1, 0.15) is 94.0 Å². The number of rotatable bonds is 13. The minimum absolute atomic E-state index is 0.164. The van der Waals surface area contributed by atoms with E-state index in [0.29, 0.717) is 18.8 Å². The Kier molecular flexibility index (Phi) is 8.88. The zero-order chi connectivity index (χ0) is 29.1. The monoisotopic (exact) mass is 570 g/mol. The van der Waals surface area contributed by atoms with Gasteiger partial charge in [0, 0.05) is 12.7 Å². The zero-order valence-corrected chi connectivity index (χ0v) is 25.5. The van der Waals surface area contributed by atoms with E-state index in [-0.39, 0.29) is 11.4 Å². The molecule has 7 rings (SSSR count). The van der Waals surface area contributed by atoms with Gasteiger partial charge < -0.3 is 18.9 Å². The molecule has 0 saturated heterocycles. The van der Waals surface area contributed by atoms with Crippen LogP contribution in [-0.2, 0) is 19.6 Å². The molecular formula is C37H46O5. The van der Waals surface area contributed by atoms with Crippen molar-refractivity contribution in [3.8, 4) is 16.9 Å². The molecule has 0 spiro atoms. The predicted molar refractivity (Wildman–Crippen MR) is 167 cm³/mol. The van der Waals surface area contributed by atoms with Gasteiger partial charge in [0.2, 0.25) is 0 Å². The van der Waals surface area contributed by atoms with Crippen molar-refractivity contribution < 1.29 is 23.7 Å². The predicted octanol–water partition coefficient (Wildman–Crippen LogP) is 9.06. The zero-order valence-electron chi connectivity index (χ0n) is 25.5. The Bertz CT molecular complexity index is 1340. The Morgan fingerprint density at radius 1 is 0.833 bits per heavy atom. The van der Waals surface area contributed by atoms with Gasteiger partial charge in [0.25, 0.3) is 0 Å². The van der Waals surface area contributed by atoms with E-state index in [2.05, 4.69) is 37.3 Å². The third kappa shape index (κ3) is 6.09. The van der Waals surface area contributed by atoms with Gasteiger partial charge in [0.15, 0.2) is 0 Å². The van der Waals surface area contributed by atoms with E-state index >= 15 is 0 Å². The van der Waals surface area contributed by atoms with Gasteiger partial charge in [-0.3, -0.25) is 0 Å². The Morgan fingerprint density at radius 3 is 2.17 bits per heavy atom. The summed E-state index contributed by atoms with van der Waals surface area (Å²) in [5.74, 6) is 3.15. The number of fused-ring (bicyclic) bond motifs is 1. The van der Waals surface area contributed by atoms with Gasteiger partial charge in [-0.05, 0) is 127 Å². The van der Waals surface area contributed by atoms with E-state index in [1.807, 2.05) is 31.2 Å². The van der Waals surface area contributed by atoms with E-state index in [1.54, 1.807) is 7.11 Å². The summed E-state index contributed by atoms with van der Waals surface area (Å²) in [5.41, 5.74) is 4.31. The van der Waals surface area contributed by atoms with Gasteiger partial charge >= 0.3 is 12.4 Å². The SMILES string of the molecule is CCCCCCOC(=O)c1ccc(-c2ccc3cc(OC(OC)OCC)c(C45CC6CC(CC(C6)C4)C5)cc3c2)cc1. The summed E-state index contributed by atoms with van der Waals surface area (Å²) in [6, 6.07) is 19.0. The molecule has 1 atom stereocenters. The highest BCUT2D eigenvalue weighted by Crippen LogP contribution is 2.62. The fourth-order valence-corrected chi connectivity index (χ4v) is 8.37. The number of carbonyl (C=O) groups excluding carboxylic acids is 1. The van der Waals surface area contributed by atoms with E-state index in [1.165, 1.54) is 62.3 Å². The maximum Gasteiger partial charge on any atom is 0.338 e. The molecule has 0 heterocycles. The number of ether oxygens (including phenoxy) is 4. The highest BCUT2D eigenvalue weighted by atomic mass is 16.8. The van der Waals surface area contributed by atoms with Gasteiger partial charge in [-0.1, -0.05) is 50.5 Å². The van der Waals surface area contributed by atoms with Crippen molar-refractivity contribution in [1.82, 2.24) is 0 Å². The molecule has 0 N–H and O–H groups in total. The Morgan fingerprint density at radius 2 is 1.52 bits per heavy atom. The first-order valence-corrected chi connectivity index (χ1v) is 16.2. The summed E-state index contributed by atoms with van der Waals surface area (Å²) in [4.78, 5) is 12.5. The molecule has 42 heavy (non-hydrogen) atoms. The van der Waals surface area contributed by atoms with Crippen LogP contribution >= 0.6 is 0 Å². The third-order valence-corrected chi connectivity index (χ3v) is 9.95. The van der Waals surface area contributed by atoms with Crippen LogP contribution in [0.15, 0.2) is 54.6 Å². The minimum Gasteiger partial charge on any atom is -0.462 e. The summed E-state index contributed by atoms with van der Waals surface area (Å²) >= 11 is 0. The van der Waals surface area contributed by atoms with Crippen molar-refractivity contribution in [2.75, 3.05) is 20.3 Å². The quantitative estimate of drug-likeness (QED) is 0.117. The molecule has 4 aliphatic carbocycles. The molecule has 4 saturated carbocycles. The molecule has 0 aromatic heterocycles. The van der Waals surface area contributed by atoms with Crippen molar-refractivity contribution in [3.63, 3.8) is 0 Å². The highest BCUT2D eigenvalue weighted by molar-refractivity contribution is 5.92. The largest absolute Gasteiger partial charge is 0.462 e. The molecule has 4 fully saturated rings.